The molecule has 2 aromatic carbocycles. The van der Waals surface area contributed by atoms with Crippen LogP contribution in [-0.2, 0) is 0 Å². The molecule has 2 atom stereocenters. The van der Waals surface area contributed by atoms with E-state index in [1.54, 1.807) is 5.31 Å². The third kappa shape index (κ3) is 3.63. The summed E-state index contributed by atoms with van der Waals surface area (Å²) in [5.41, 5.74) is 0. The molecule has 0 radical (unpaired) electrons. The van der Waals surface area contributed by atoms with E-state index in [2.05, 4.69) is 72.8 Å². The molecule has 0 saturated heterocycles. The fraction of sp³-hybridized carbons (Fsp3) is 0.0588. The lowest BCUT2D eigenvalue weighted by Crippen LogP contribution is -1.91. The lowest BCUT2D eigenvalue weighted by atomic mass is 10.4. The smallest absolute Gasteiger partial charge is 0.00827 e. The second kappa shape index (κ2) is 6.29. The fourth-order valence-corrected chi connectivity index (χ4v) is 4.54. The van der Waals surface area contributed by atoms with Gasteiger partial charge in [0.15, 0.2) is 0 Å². The minimum Gasteiger partial charge on any atom is -0.0723 e. The van der Waals surface area contributed by atoms with Crippen LogP contribution in [0.5, 0.6) is 0 Å². The van der Waals surface area contributed by atoms with Gasteiger partial charge in [-0.3, -0.25) is 0 Å². The van der Waals surface area contributed by atoms with Gasteiger partial charge in [-0.2, -0.15) is 0 Å². The van der Waals surface area contributed by atoms with Crippen molar-refractivity contribution in [2.24, 2.45) is 0 Å². The van der Waals surface area contributed by atoms with Crippen LogP contribution >= 0.6 is 17.2 Å². The molecule has 94 valence electrons. The molecule has 2 aromatic rings. The van der Waals surface area contributed by atoms with Gasteiger partial charge in [-0.1, -0.05) is 90.0 Å². The average molecular weight is 282 g/mol. The average Bonchev–Trinajstić information content (AvgIpc) is 2.88. The van der Waals surface area contributed by atoms with Crippen LogP contribution in [0, 0.1) is 0 Å². The van der Waals surface area contributed by atoms with Crippen molar-refractivity contribution in [1.82, 2.24) is 0 Å². The third-order valence-electron chi connectivity index (χ3n) is 3.01. The van der Waals surface area contributed by atoms with Crippen LogP contribution in [-0.4, -0.2) is 0 Å². The second-order valence-electron chi connectivity index (χ2n) is 4.52. The Morgan fingerprint density at radius 3 is 1.89 bits per heavy atom. The van der Waals surface area contributed by atoms with Crippen molar-refractivity contribution < 1.29 is 0 Å². The molecule has 0 aliphatic heterocycles. The summed E-state index contributed by atoms with van der Waals surface area (Å²) in [5.74, 6) is 0. The summed E-state index contributed by atoms with van der Waals surface area (Å²) in [4.78, 5) is 0. The van der Waals surface area contributed by atoms with Gasteiger partial charge in [-0.25, -0.2) is 0 Å². The maximum atomic E-state index is 2.40. The monoisotopic (exact) mass is 282 g/mol. The minimum absolute atomic E-state index is 0.794. The van der Waals surface area contributed by atoms with E-state index in [9.17, 15) is 0 Å². The molecule has 0 nitrogen and oxygen atoms in total. The number of allylic oxidation sites excluding steroid dienone is 4. The zero-order valence-electron chi connectivity index (χ0n) is 10.6. The summed E-state index contributed by atoms with van der Waals surface area (Å²) in [6, 6.07) is 21.5. The van der Waals surface area contributed by atoms with Gasteiger partial charge in [0.05, 0.1) is 0 Å². The molecule has 0 heterocycles. The molecule has 0 spiro atoms. The van der Waals surface area contributed by atoms with E-state index in [0.717, 1.165) is 23.6 Å². The van der Waals surface area contributed by atoms with Crippen LogP contribution in [0.25, 0.3) is 0 Å². The van der Waals surface area contributed by atoms with Gasteiger partial charge in [-0.15, -0.1) is 0 Å². The molecular weight excluding hydrogens is 266 g/mol. The largest absolute Gasteiger partial charge is 0.0723 e. The van der Waals surface area contributed by atoms with Crippen LogP contribution in [0.15, 0.2) is 83.4 Å². The van der Waals surface area contributed by atoms with Crippen LogP contribution in [0.1, 0.15) is 6.42 Å². The SMILES string of the molecule is C1=C(Pc2ccccc2)C=C(Pc2ccccc2)C1. The Kier molecular flexibility index (Phi) is 4.23. The summed E-state index contributed by atoms with van der Waals surface area (Å²) in [5, 5.41) is 5.91. The fourth-order valence-electron chi connectivity index (χ4n) is 2.09. The van der Waals surface area contributed by atoms with E-state index in [0.29, 0.717) is 0 Å². The first-order valence-electron chi connectivity index (χ1n) is 6.45. The Hall–Kier alpha value is -1.22. The quantitative estimate of drug-likeness (QED) is 0.738. The maximum absolute atomic E-state index is 2.40. The first kappa shape index (κ1) is 12.8. The van der Waals surface area contributed by atoms with Gasteiger partial charge in [-0.05, 0) is 27.7 Å². The first-order valence-corrected chi connectivity index (χ1v) is 8.45. The third-order valence-corrected chi connectivity index (χ3v) is 5.56. The van der Waals surface area contributed by atoms with Crippen molar-refractivity contribution in [3.63, 3.8) is 0 Å². The summed E-state index contributed by atoms with van der Waals surface area (Å²) < 4.78 is 0. The van der Waals surface area contributed by atoms with Crippen molar-refractivity contribution in [3.05, 3.63) is 83.4 Å². The molecule has 0 aromatic heterocycles. The summed E-state index contributed by atoms with van der Waals surface area (Å²) >= 11 is 0. The van der Waals surface area contributed by atoms with Gasteiger partial charge >= 0.3 is 0 Å². The molecule has 0 amide bonds. The van der Waals surface area contributed by atoms with Crippen LogP contribution < -0.4 is 10.6 Å². The van der Waals surface area contributed by atoms with E-state index in [4.69, 9.17) is 0 Å². The molecule has 1 aliphatic carbocycles. The Balaban J connectivity index is 1.64. The van der Waals surface area contributed by atoms with Crippen LogP contribution in [0.2, 0.25) is 0 Å². The molecule has 0 saturated carbocycles. The molecule has 1 aliphatic rings. The van der Waals surface area contributed by atoms with E-state index in [-0.39, 0.29) is 0 Å². The predicted octanol–water partition coefficient (Wildman–Crippen LogP) is 4.17. The molecule has 0 bridgehead atoms. The molecular formula is C17H16P2. The van der Waals surface area contributed by atoms with E-state index in [1.807, 2.05) is 0 Å². The zero-order chi connectivity index (χ0) is 12.9. The Labute approximate surface area is 118 Å². The highest BCUT2D eigenvalue weighted by molar-refractivity contribution is 7.53. The molecule has 3 rings (SSSR count). The maximum Gasteiger partial charge on any atom is -0.00827 e. The Morgan fingerprint density at radius 2 is 1.26 bits per heavy atom. The molecule has 2 heteroatoms. The second-order valence-corrected chi connectivity index (χ2v) is 7.39. The highest BCUT2D eigenvalue weighted by atomic mass is 31.1. The molecule has 19 heavy (non-hydrogen) atoms. The Morgan fingerprint density at radius 1 is 0.684 bits per heavy atom. The number of rotatable bonds is 4. The minimum atomic E-state index is 0.794. The van der Waals surface area contributed by atoms with Gasteiger partial charge in [0.1, 0.15) is 0 Å². The number of benzene rings is 2. The number of hydrogen-bond acceptors (Lipinski definition) is 0. The predicted molar refractivity (Wildman–Crippen MR) is 89.6 cm³/mol. The highest BCUT2D eigenvalue weighted by Gasteiger charge is 2.07. The van der Waals surface area contributed by atoms with E-state index >= 15 is 0 Å². The van der Waals surface area contributed by atoms with Gasteiger partial charge in [0, 0.05) is 0 Å². The molecule has 2 unspecified atom stereocenters. The van der Waals surface area contributed by atoms with E-state index < -0.39 is 0 Å². The normalized spacial score (nSPS) is 15.4. The van der Waals surface area contributed by atoms with Crippen LogP contribution in [0.4, 0.5) is 0 Å². The lowest BCUT2D eigenvalue weighted by molar-refractivity contribution is 1.41. The van der Waals surface area contributed by atoms with Gasteiger partial charge < -0.3 is 0 Å². The van der Waals surface area contributed by atoms with Crippen molar-refractivity contribution >= 4 is 27.8 Å². The summed E-state index contributed by atoms with van der Waals surface area (Å²) in [7, 11) is 1.61. The first-order chi connectivity index (χ1) is 9.40. The summed E-state index contributed by atoms with van der Waals surface area (Å²) in [6.45, 7) is 0. The topological polar surface area (TPSA) is 0 Å². The van der Waals surface area contributed by atoms with E-state index in [1.165, 1.54) is 15.9 Å². The van der Waals surface area contributed by atoms with Crippen molar-refractivity contribution in [1.29, 1.82) is 0 Å². The van der Waals surface area contributed by atoms with Crippen LogP contribution in [0.3, 0.4) is 0 Å². The molecule has 0 fully saturated rings. The lowest BCUT2D eigenvalue weighted by Gasteiger charge is -2.02. The zero-order valence-corrected chi connectivity index (χ0v) is 12.6. The Bertz CT molecular complexity index is 598. The van der Waals surface area contributed by atoms with Crippen molar-refractivity contribution in [3.8, 4) is 0 Å². The standard InChI is InChI=1S/C17H16P2/c1-3-7-14(8-4-1)18-16-11-12-17(13-16)19-15-9-5-2-6-10-15/h1-11,13,18-19H,12H2. The summed E-state index contributed by atoms with van der Waals surface area (Å²) in [6.07, 6.45) is 5.91. The highest BCUT2D eigenvalue weighted by Crippen LogP contribution is 2.38. The van der Waals surface area contributed by atoms with Crippen molar-refractivity contribution in [2.45, 2.75) is 6.42 Å². The van der Waals surface area contributed by atoms with Gasteiger partial charge in [0.25, 0.3) is 0 Å². The van der Waals surface area contributed by atoms with Gasteiger partial charge in [0.2, 0.25) is 0 Å². The van der Waals surface area contributed by atoms with Crippen molar-refractivity contribution in [2.75, 3.05) is 0 Å². The molecule has 0 N–H and O–H groups in total. The number of hydrogen-bond donors (Lipinski definition) is 0.